The third-order valence-corrected chi connectivity index (χ3v) is 4.66. The van der Waals surface area contributed by atoms with Crippen molar-refractivity contribution in [1.29, 1.82) is 0 Å². The van der Waals surface area contributed by atoms with Crippen LogP contribution in [0.4, 0.5) is 5.69 Å². The summed E-state index contributed by atoms with van der Waals surface area (Å²) in [5.41, 5.74) is 2.52. The number of amides is 1. The summed E-state index contributed by atoms with van der Waals surface area (Å²) in [7, 11) is 0. The van der Waals surface area contributed by atoms with Crippen LogP contribution in [-0.4, -0.2) is 5.91 Å². The molecule has 5 heteroatoms. The molecule has 1 amide bonds. The summed E-state index contributed by atoms with van der Waals surface area (Å²) in [6, 6.07) is 10.9. The van der Waals surface area contributed by atoms with Crippen LogP contribution in [0.1, 0.15) is 15.9 Å². The summed E-state index contributed by atoms with van der Waals surface area (Å²) >= 11 is 11.4. The van der Waals surface area contributed by atoms with Crippen molar-refractivity contribution in [3.63, 3.8) is 0 Å². The Balaban J connectivity index is 2.23. The number of hydrogen-bond acceptors (Lipinski definition) is 1. The standard InChI is InChI=1S/C14H10BrClINO/c1-8-2-4-10(7-13(8)17)18-14(19)11-5-3-9(16)6-12(11)15/h2-7H,1H3,(H,18,19). The summed E-state index contributed by atoms with van der Waals surface area (Å²) in [6.45, 7) is 2.03. The van der Waals surface area contributed by atoms with Crippen LogP contribution in [0.2, 0.25) is 5.02 Å². The Labute approximate surface area is 138 Å². The molecular formula is C14H10BrClINO. The molecular weight excluding hydrogens is 440 g/mol. The molecule has 0 saturated heterocycles. The van der Waals surface area contributed by atoms with Gasteiger partial charge in [-0.1, -0.05) is 17.7 Å². The molecule has 1 N–H and O–H groups in total. The Morgan fingerprint density at radius 1 is 1.26 bits per heavy atom. The van der Waals surface area contributed by atoms with Crippen molar-refractivity contribution < 1.29 is 4.79 Å². The van der Waals surface area contributed by atoms with Gasteiger partial charge in [-0.3, -0.25) is 4.79 Å². The molecule has 0 aliphatic carbocycles. The summed E-state index contributed by atoms with van der Waals surface area (Å²) < 4.78 is 1.80. The van der Waals surface area contributed by atoms with E-state index in [0.717, 1.165) is 9.26 Å². The first-order chi connectivity index (χ1) is 8.97. The molecule has 0 unspecified atom stereocenters. The molecule has 0 saturated carbocycles. The predicted molar refractivity (Wildman–Crippen MR) is 91.0 cm³/mol. The Bertz CT molecular complexity index is 645. The molecule has 2 nitrogen and oxygen atoms in total. The fourth-order valence-electron chi connectivity index (χ4n) is 1.54. The van der Waals surface area contributed by atoms with Gasteiger partial charge in [0.25, 0.3) is 5.91 Å². The highest BCUT2D eigenvalue weighted by Crippen LogP contribution is 2.23. The van der Waals surface area contributed by atoms with Crippen molar-refractivity contribution in [2.45, 2.75) is 6.92 Å². The van der Waals surface area contributed by atoms with Gasteiger partial charge in [-0.15, -0.1) is 0 Å². The first-order valence-electron chi connectivity index (χ1n) is 5.50. The van der Waals surface area contributed by atoms with Crippen LogP contribution >= 0.6 is 50.1 Å². The molecule has 0 atom stereocenters. The summed E-state index contributed by atoms with van der Waals surface area (Å²) in [5.74, 6) is -0.164. The molecule has 98 valence electrons. The molecule has 0 radical (unpaired) electrons. The molecule has 0 aromatic heterocycles. The predicted octanol–water partition coefficient (Wildman–Crippen LogP) is 5.27. The van der Waals surface area contributed by atoms with E-state index in [4.69, 9.17) is 11.6 Å². The molecule has 0 spiro atoms. The summed E-state index contributed by atoms with van der Waals surface area (Å²) in [4.78, 5) is 12.2. The van der Waals surface area contributed by atoms with Crippen LogP contribution in [0.3, 0.4) is 0 Å². The lowest BCUT2D eigenvalue weighted by Gasteiger charge is -2.08. The van der Waals surface area contributed by atoms with Gasteiger partial charge >= 0.3 is 0 Å². The zero-order chi connectivity index (χ0) is 14.0. The van der Waals surface area contributed by atoms with Crippen LogP contribution < -0.4 is 5.32 Å². The van der Waals surface area contributed by atoms with Gasteiger partial charge in [-0.05, 0) is 81.3 Å². The summed E-state index contributed by atoms with van der Waals surface area (Å²) in [5, 5.41) is 3.46. The zero-order valence-corrected chi connectivity index (χ0v) is 14.5. The van der Waals surface area contributed by atoms with Gasteiger partial charge in [0.1, 0.15) is 0 Å². The lowest BCUT2D eigenvalue weighted by atomic mass is 10.2. The van der Waals surface area contributed by atoms with Crippen LogP contribution in [0, 0.1) is 10.5 Å². The van der Waals surface area contributed by atoms with Gasteiger partial charge in [0.2, 0.25) is 0 Å². The van der Waals surface area contributed by atoms with Gasteiger partial charge < -0.3 is 5.32 Å². The number of halogens is 3. The Hall–Kier alpha value is -0.590. The van der Waals surface area contributed by atoms with E-state index in [-0.39, 0.29) is 5.91 Å². The van der Waals surface area contributed by atoms with Crippen molar-refractivity contribution in [1.82, 2.24) is 0 Å². The molecule has 2 aromatic carbocycles. The number of aryl methyl sites for hydroxylation is 1. The lowest BCUT2D eigenvalue weighted by molar-refractivity contribution is 0.102. The van der Waals surface area contributed by atoms with E-state index < -0.39 is 0 Å². The highest BCUT2D eigenvalue weighted by atomic mass is 127. The van der Waals surface area contributed by atoms with Crippen LogP contribution in [0.5, 0.6) is 0 Å². The minimum absolute atomic E-state index is 0.164. The lowest BCUT2D eigenvalue weighted by Crippen LogP contribution is -2.12. The Morgan fingerprint density at radius 3 is 2.63 bits per heavy atom. The highest BCUT2D eigenvalue weighted by Gasteiger charge is 2.11. The summed E-state index contributed by atoms with van der Waals surface area (Å²) in [6.07, 6.45) is 0. The van der Waals surface area contributed by atoms with E-state index in [2.05, 4.69) is 43.8 Å². The van der Waals surface area contributed by atoms with Crippen molar-refractivity contribution in [3.8, 4) is 0 Å². The number of carbonyl (C=O) groups is 1. The Kier molecular flexibility index (Phi) is 4.86. The first kappa shape index (κ1) is 14.8. The molecule has 0 heterocycles. The van der Waals surface area contributed by atoms with Gasteiger partial charge in [-0.2, -0.15) is 0 Å². The number of nitrogens with one attached hydrogen (secondary N) is 1. The number of hydrogen-bond donors (Lipinski definition) is 1. The number of carbonyl (C=O) groups excluding carboxylic acids is 1. The van der Waals surface area contributed by atoms with E-state index in [1.807, 2.05) is 25.1 Å². The van der Waals surface area contributed by atoms with Gasteiger partial charge in [0.05, 0.1) is 5.56 Å². The normalized spacial score (nSPS) is 10.3. The fraction of sp³-hybridized carbons (Fsp3) is 0.0714. The Morgan fingerprint density at radius 2 is 2.00 bits per heavy atom. The van der Waals surface area contributed by atoms with Crippen LogP contribution in [-0.2, 0) is 0 Å². The van der Waals surface area contributed by atoms with Crippen LogP contribution in [0.15, 0.2) is 40.9 Å². The molecule has 0 bridgehead atoms. The topological polar surface area (TPSA) is 29.1 Å². The second kappa shape index (κ2) is 6.24. The number of anilines is 1. The van der Waals surface area contributed by atoms with E-state index in [1.165, 1.54) is 5.56 Å². The first-order valence-corrected chi connectivity index (χ1v) is 7.75. The van der Waals surface area contributed by atoms with Gasteiger partial charge in [-0.25, -0.2) is 0 Å². The molecule has 2 aromatic rings. The maximum Gasteiger partial charge on any atom is 0.256 e. The van der Waals surface area contributed by atoms with E-state index in [9.17, 15) is 4.79 Å². The monoisotopic (exact) mass is 449 g/mol. The van der Waals surface area contributed by atoms with Gasteiger partial charge in [0.15, 0.2) is 0 Å². The van der Waals surface area contributed by atoms with E-state index in [1.54, 1.807) is 18.2 Å². The van der Waals surface area contributed by atoms with E-state index in [0.29, 0.717) is 15.1 Å². The SMILES string of the molecule is Cc1ccc(NC(=O)c2ccc(Cl)cc2Br)cc1I. The quantitative estimate of drug-likeness (QED) is 0.621. The van der Waals surface area contributed by atoms with Crippen molar-refractivity contribution >= 4 is 61.7 Å². The molecule has 0 aliphatic heterocycles. The van der Waals surface area contributed by atoms with E-state index >= 15 is 0 Å². The van der Waals surface area contributed by atoms with Gasteiger partial charge in [0, 0.05) is 18.8 Å². The molecule has 0 fully saturated rings. The molecule has 2 rings (SSSR count). The van der Waals surface area contributed by atoms with Crippen molar-refractivity contribution in [2.75, 3.05) is 5.32 Å². The minimum atomic E-state index is -0.164. The maximum atomic E-state index is 12.2. The van der Waals surface area contributed by atoms with Crippen LogP contribution in [0.25, 0.3) is 0 Å². The molecule has 19 heavy (non-hydrogen) atoms. The third kappa shape index (κ3) is 3.70. The largest absolute Gasteiger partial charge is 0.322 e. The third-order valence-electron chi connectivity index (χ3n) is 2.61. The second-order valence-corrected chi connectivity index (χ2v) is 6.50. The number of rotatable bonds is 2. The minimum Gasteiger partial charge on any atom is -0.322 e. The second-order valence-electron chi connectivity index (χ2n) is 4.04. The average molecular weight is 451 g/mol. The van der Waals surface area contributed by atoms with Crippen molar-refractivity contribution in [3.05, 3.63) is 60.6 Å². The zero-order valence-electron chi connectivity index (χ0n) is 10.0. The number of benzene rings is 2. The smallest absolute Gasteiger partial charge is 0.256 e. The fourth-order valence-corrected chi connectivity index (χ4v) is 2.92. The highest BCUT2D eigenvalue weighted by molar-refractivity contribution is 14.1. The maximum absolute atomic E-state index is 12.2. The molecule has 0 aliphatic rings. The van der Waals surface area contributed by atoms with Crippen molar-refractivity contribution in [2.24, 2.45) is 0 Å². The average Bonchev–Trinajstić information content (AvgIpc) is 2.33.